The first-order valence-corrected chi connectivity index (χ1v) is 7.30. The van der Waals surface area contributed by atoms with Crippen LogP contribution in [0, 0.1) is 5.82 Å². The van der Waals surface area contributed by atoms with E-state index in [1.165, 1.54) is 0 Å². The predicted molar refractivity (Wildman–Crippen MR) is 79.6 cm³/mol. The highest BCUT2D eigenvalue weighted by atomic mass is 19.1. The van der Waals surface area contributed by atoms with Crippen LogP contribution in [0.4, 0.5) is 4.39 Å². The molecule has 0 aliphatic carbocycles. The molecule has 0 heterocycles. The Balaban J connectivity index is 2.79. The largest absolute Gasteiger partial charge is 0.313 e. The lowest BCUT2D eigenvalue weighted by Crippen LogP contribution is -2.31. The summed E-state index contributed by atoms with van der Waals surface area (Å²) in [6, 6.07) is 5.88. The molecule has 0 atom stereocenters. The fourth-order valence-corrected chi connectivity index (χ4v) is 2.15. The molecule has 0 amide bonds. The number of rotatable bonds is 8. The van der Waals surface area contributed by atoms with Crippen LogP contribution in [0.2, 0.25) is 0 Å². The lowest BCUT2D eigenvalue weighted by molar-refractivity contribution is 0.210. The molecular formula is C16H27FN2. The van der Waals surface area contributed by atoms with Crippen molar-refractivity contribution >= 4 is 0 Å². The zero-order valence-electron chi connectivity index (χ0n) is 12.7. The summed E-state index contributed by atoms with van der Waals surface area (Å²) in [7, 11) is 0. The van der Waals surface area contributed by atoms with Crippen LogP contribution in [0.25, 0.3) is 0 Å². The number of nitrogens with one attached hydrogen (secondary N) is 1. The molecule has 0 aliphatic rings. The monoisotopic (exact) mass is 266 g/mol. The van der Waals surface area contributed by atoms with Crippen molar-refractivity contribution in [3.8, 4) is 0 Å². The van der Waals surface area contributed by atoms with E-state index in [1.807, 2.05) is 12.1 Å². The standard InChI is InChI=1S/C16H27FN2/c1-5-9-19(13(3)4)12-15-10-14(11-18-6-2)7-8-16(15)17/h7-8,10,13,18H,5-6,9,11-12H2,1-4H3. The minimum atomic E-state index is -0.0954. The van der Waals surface area contributed by atoms with E-state index < -0.39 is 0 Å². The van der Waals surface area contributed by atoms with Crippen molar-refractivity contribution < 1.29 is 4.39 Å². The maximum Gasteiger partial charge on any atom is 0.127 e. The first kappa shape index (κ1) is 16.1. The molecule has 0 saturated carbocycles. The average molecular weight is 266 g/mol. The van der Waals surface area contributed by atoms with Crippen molar-refractivity contribution in [3.05, 3.63) is 35.1 Å². The first-order valence-electron chi connectivity index (χ1n) is 7.30. The van der Waals surface area contributed by atoms with Crippen LogP contribution >= 0.6 is 0 Å². The summed E-state index contributed by atoms with van der Waals surface area (Å²) in [4.78, 5) is 2.31. The number of hydrogen-bond donors (Lipinski definition) is 1. The van der Waals surface area contributed by atoms with E-state index in [1.54, 1.807) is 6.07 Å². The summed E-state index contributed by atoms with van der Waals surface area (Å²) in [5, 5.41) is 3.28. The third-order valence-electron chi connectivity index (χ3n) is 3.30. The second-order valence-electron chi connectivity index (χ2n) is 5.27. The molecule has 108 valence electrons. The number of hydrogen-bond acceptors (Lipinski definition) is 2. The Bertz CT molecular complexity index is 377. The lowest BCUT2D eigenvalue weighted by Gasteiger charge is -2.26. The van der Waals surface area contributed by atoms with E-state index in [9.17, 15) is 4.39 Å². The Morgan fingerprint density at radius 3 is 2.58 bits per heavy atom. The van der Waals surface area contributed by atoms with Gasteiger partial charge in [-0.15, -0.1) is 0 Å². The molecule has 0 spiro atoms. The van der Waals surface area contributed by atoms with Crippen LogP contribution in [0.1, 0.15) is 45.2 Å². The predicted octanol–water partition coefficient (Wildman–Crippen LogP) is 3.56. The molecule has 1 aromatic carbocycles. The quantitative estimate of drug-likeness (QED) is 0.774. The minimum Gasteiger partial charge on any atom is -0.313 e. The van der Waals surface area contributed by atoms with E-state index in [0.717, 1.165) is 37.2 Å². The highest BCUT2D eigenvalue weighted by molar-refractivity contribution is 5.25. The molecule has 1 rings (SSSR count). The third-order valence-corrected chi connectivity index (χ3v) is 3.30. The lowest BCUT2D eigenvalue weighted by atomic mass is 10.1. The molecule has 1 N–H and O–H groups in total. The molecule has 3 heteroatoms. The maximum atomic E-state index is 13.9. The van der Waals surface area contributed by atoms with Gasteiger partial charge >= 0.3 is 0 Å². The summed E-state index contributed by atoms with van der Waals surface area (Å²) in [5.74, 6) is -0.0954. The number of halogens is 1. The topological polar surface area (TPSA) is 15.3 Å². The highest BCUT2D eigenvalue weighted by Crippen LogP contribution is 2.15. The Morgan fingerprint density at radius 2 is 2.00 bits per heavy atom. The van der Waals surface area contributed by atoms with Gasteiger partial charge in [0, 0.05) is 24.7 Å². The zero-order valence-corrected chi connectivity index (χ0v) is 12.7. The van der Waals surface area contributed by atoms with Crippen molar-refractivity contribution in [2.24, 2.45) is 0 Å². The molecule has 0 saturated heterocycles. The van der Waals surface area contributed by atoms with Crippen molar-refractivity contribution in [2.75, 3.05) is 13.1 Å². The molecule has 0 radical (unpaired) electrons. The van der Waals surface area contributed by atoms with E-state index >= 15 is 0 Å². The molecule has 2 nitrogen and oxygen atoms in total. The Hall–Kier alpha value is -0.930. The fraction of sp³-hybridized carbons (Fsp3) is 0.625. The van der Waals surface area contributed by atoms with Crippen molar-refractivity contribution in [3.63, 3.8) is 0 Å². The average Bonchev–Trinajstić information content (AvgIpc) is 2.38. The van der Waals surface area contributed by atoms with Gasteiger partial charge in [0.05, 0.1) is 0 Å². The van der Waals surface area contributed by atoms with Crippen LogP contribution < -0.4 is 5.32 Å². The summed E-state index contributed by atoms with van der Waals surface area (Å²) in [5.41, 5.74) is 1.95. The van der Waals surface area contributed by atoms with Gasteiger partial charge in [-0.1, -0.05) is 26.0 Å². The van der Waals surface area contributed by atoms with Gasteiger partial charge in [0.1, 0.15) is 5.82 Å². The Morgan fingerprint density at radius 1 is 1.26 bits per heavy atom. The molecule has 0 fully saturated rings. The van der Waals surface area contributed by atoms with Gasteiger partial charge in [-0.25, -0.2) is 4.39 Å². The van der Waals surface area contributed by atoms with Gasteiger partial charge < -0.3 is 5.32 Å². The van der Waals surface area contributed by atoms with Crippen LogP contribution in [-0.2, 0) is 13.1 Å². The summed E-state index contributed by atoms with van der Waals surface area (Å²) < 4.78 is 13.9. The van der Waals surface area contributed by atoms with Gasteiger partial charge in [-0.2, -0.15) is 0 Å². The summed E-state index contributed by atoms with van der Waals surface area (Å²) in [6.45, 7) is 12.0. The maximum absolute atomic E-state index is 13.9. The van der Waals surface area contributed by atoms with Crippen LogP contribution in [-0.4, -0.2) is 24.0 Å². The molecule has 0 aliphatic heterocycles. The summed E-state index contributed by atoms with van der Waals surface area (Å²) in [6.07, 6.45) is 1.09. The molecule has 19 heavy (non-hydrogen) atoms. The third kappa shape index (κ3) is 5.29. The SMILES string of the molecule is CCCN(Cc1cc(CNCC)ccc1F)C(C)C. The van der Waals surface area contributed by atoms with E-state index in [0.29, 0.717) is 12.6 Å². The fourth-order valence-electron chi connectivity index (χ4n) is 2.15. The molecular weight excluding hydrogens is 239 g/mol. The normalized spacial score (nSPS) is 11.5. The van der Waals surface area contributed by atoms with Gasteiger partial charge in [-0.05, 0) is 45.0 Å². The van der Waals surface area contributed by atoms with Crippen LogP contribution in [0.3, 0.4) is 0 Å². The van der Waals surface area contributed by atoms with Gasteiger partial charge in [0.25, 0.3) is 0 Å². The second kappa shape index (κ2) is 8.28. The van der Waals surface area contributed by atoms with Gasteiger partial charge in [0.15, 0.2) is 0 Å². The Kier molecular flexibility index (Phi) is 7.03. The van der Waals surface area contributed by atoms with Crippen molar-refractivity contribution in [1.29, 1.82) is 0 Å². The zero-order chi connectivity index (χ0) is 14.3. The second-order valence-corrected chi connectivity index (χ2v) is 5.27. The van der Waals surface area contributed by atoms with E-state index in [-0.39, 0.29) is 5.82 Å². The number of benzene rings is 1. The Labute approximate surface area is 117 Å². The van der Waals surface area contributed by atoms with E-state index in [2.05, 4.69) is 37.9 Å². The smallest absolute Gasteiger partial charge is 0.127 e. The van der Waals surface area contributed by atoms with E-state index in [4.69, 9.17) is 0 Å². The molecule has 0 bridgehead atoms. The molecule has 0 aromatic heterocycles. The van der Waals surface area contributed by atoms with Crippen molar-refractivity contribution in [2.45, 2.75) is 53.2 Å². The van der Waals surface area contributed by atoms with Crippen LogP contribution in [0.5, 0.6) is 0 Å². The number of nitrogens with zero attached hydrogens (tertiary/aromatic N) is 1. The van der Waals surface area contributed by atoms with Crippen molar-refractivity contribution in [1.82, 2.24) is 10.2 Å². The summed E-state index contributed by atoms with van der Waals surface area (Å²) >= 11 is 0. The highest BCUT2D eigenvalue weighted by Gasteiger charge is 2.12. The van der Waals surface area contributed by atoms with Crippen LogP contribution in [0.15, 0.2) is 18.2 Å². The molecule has 1 aromatic rings. The minimum absolute atomic E-state index is 0.0954. The van der Waals surface area contributed by atoms with Gasteiger partial charge in [0.2, 0.25) is 0 Å². The first-order chi connectivity index (χ1) is 9.08. The molecule has 0 unspecified atom stereocenters. The van der Waals surface area contributed by atoms with Gasteiger partial charge in [-0.3, -0.25) is 4.90 Å².